The Morgan fingerprint density at radius 3 is 2.84 bits per heavy atom. The molecule has 0 bridgehead atoms. The van der Waals surface area contributed by atoms with Crippen LogP contribution in [0.4, 0.5) is 0 Å². The zero-order valence-electron chi connectivity index (χ0n) is 11.9. The van der Waals surface area contributed by atoms with Crippen molar-refractivity contribution >= 4 is 11.6 Å². The third-order valence-corrected chi connectivity index (χ3v) is 2.86. The molecule has 0 spiro atoms. The second-order valence-electron chi connectivity index (χ2n) is 4.78. The number of para-hydroxylation sites is 1. The van der Waals surface area contributed by atoms with Crippen LogP contribution < -0.4 is 10.1 Å². The van der Waals surface area contributed by atoms with Crippen LogP contribution in [0.1, 0.15) is 32.8 Å². The highest BCUT2D eigenvalue weighted by atomic mass is 35.5. The molecule has 0 unspecified atom stereocenters. The molecule has 2 nitrogen and oxygen atoms in total. The van der Waals surface area contributed by atoms with E-state index in [0.717, 1.165) is 30.8 Å². The second-order valence-corrected chi connectivity index (χ2v) is 5.19. The molecule has 104 valence electrons. The van der Waals surface area contributed by atoms with E-state index >= 15 is 0 Å². The Labute approximate surface area is 121 Å². The first-order valence-corrected chi connectivity index (χ1v) is 7.03. The molecular weight excluding hydrogens is 258 g/mol. The number of benzene rings is 1. The first-order chi connectivity index (χ1) is 9.15. The predicted octanol–water partition coefficient (Wildman–Crippen LogP) is 3.88. The van der Waals surface area contributed by atoms with Crippen LogP contribution in [-0.4, -0.2) is 13.2 Å². The van der Waals surface area contributed by atoms with E-state index in [0.29, 0.717) is 17.5 Å². The fraction of sp³-hybridized carbons (Fsp3) is 0.500. The van der Waals surface area contributed by atoms with E-state index in [2.05, 4.69) is 31.0 Å². The molecule has 1 rings (SSSR count). The molecular formula is C16H22ClNO. The van der Waals surface area contributed by atoms with Crippen molar-refractivity contribution in [3.8, 4) is 17.6 Å². The summed E-state index contributed by atoms with van der Waals surface area (Å²) in [6.07, 6.45) is 0.723. The zero-order valence-corrected chi connectivity index (χ0v) is 12.7. The third-order valence-electron chi connectivity index (χ3n) is 2.57. The van der Waals surface area contributed by atoms with E-state index in [1.54, 1.807) is 0 Å². The Hall–Kier alpha value is -1.17. The van der Waals surface area contributed by atoms with Gasteiger partial charge in [-0.3, -0.25) is 0 Å². The van der Waals surface area contributed by atoms with E-state index in [4.69, 9.17) is 16.3 Å². The van der Waals surface area contributed by atoms with Crippen LogP contribution in [0.3, 0.4) is 0 Å². The van der Waals surface area contributed by atoms with Gasteiger partial charge in [-0.1, -0.05) is 37.6 Å². The minimum absolute atomic E-state index is 0.571. The molecule has 0 fully saturated rings. The summed E-state index contributed by atoms with van der Waals surface area (Å²) in [5.74, 6) is 7.24. The van der Waals surface area contributed by atoms with Crippen LogP contribution in [0, 0.1) is 17.8 Å². The second kappa shape index (κ2) is 8.85. The minimum atomic E-state index is 0.571. The van der Waals surface area contributed by atoms with Crippen molar-refractivity contribution in [1.29, 1.82) is 0 Å². The molecule has 0 saturated heterocycles. The smallest absolute Gasteiger partial charge is 0.142 e. The van der Waals surface area contributed by atoms with E-state index in [-0.39, 0.29) is 0 Å². The van der Waals surface area contributed by atoms with Gasteiger partial charge in [0.05, 0.1) is 11.6 Å². The van der Waals surface area contributed by atoms with Gasteiger partial charge < -0.3 is 10.1 Å². The van der Waals surface area contributed by atoms with Gasteiger partial charge in [0.25, 0.3) is 0 Å². The summed E-state index contributed by atoms with van der Waals surface area (Å²) in [7, 11) is 0. The van der Waals surface area contributed by atoms with Gasteiger partial charge in [-0.15, -0.1) is 11.8 Å². The molecule has 0 aliphatic rings. The summed E-state index contributed by atoms with van der Waals surface area (Å²) in [5.41, 5.74) is 1.10. The lowest BCUT2D eigenvalue weighted by Crippen LogP contribution is -2.19. The number of ether oxygens (including phenoxy) is 1. The van der Waals surface area contributed by atoms with Gasteiger partial charge >= 0.3 is 0 Å². The maximum atomic E-state index is 6.19. The highest BCUT2D eigenvalue weighted by Gasteiger charge is 2.08. The molecule has 3 heteroatoms. The molecule has 19 heavy (non-hydrogen) atoms. The summed E-state index contributed by atoms with van der Waals surface area (Å²) >= 11 is 6.19. The van der Waals surface area contributed by atoms with Crippen LogP contribution in [0.25, 0.3) is 0 Å². The molecule has 0 amide bonds. The monoisotopic (exact) mass is 279 g/mol. The SMILES string of the molecule is CC#CCCOc1c(Cl)cccc1CNCC(C)C. The molecule has 0 heterocycles. The van der Waals surface area contributed by atoms with Crippen LogP contribution in [0.15, 0.2) is 18.2 Å². The highest BCUT2D eigenvalue weighted by Crippen LogP contribution is 2.28. The molecule has 0 aliphatic heterocycles. The van der Waals surface area contributed by atoms with Gasteiger partial charge in [0.15, 0.2) is 0 Å². The van der Waals surface area contributed by atoms with Gasteiger partial charge in [-0.05, 0) is 25.5 Å². The summed E-state index contributed by atoms with van der Waals surface area (Å²) in [6, 6.07) is 5.85. The van der Waals surface area contributed by atoms with Crippen LogP contribution in [0.2, 0.25) is 5.02 Å². The Morgan fingerprint density at radius 1 is 1.37 bits per heavy atom. The standard InChI is InChI=1S/C16H22ClNO/c1-4-5-6-10-19-16-14(8-7-9-15(16)17)12-18-11-13(2)3/h7-9,13,18H,6,10-12H2,1-3H3. The maximum Gasteiger partial charge on any atom is 0.142 e. The fourth-order valence-corrected chi connectivity index (χ4v) is 1.93. The maximum absolute atomic E-state index is 6.19. The van der Waals surface area contributed by atoms with E-state index < -0.39 is 0 Å². The van der Waals surface area contributed by atoms with Crippen molar-refractivity contribution in [3.05, 3.63) is 28.8 Å². The molecule has 0 radical (unpaired) electrons. The Morgan fingerprint density at radius 2 is 2.16 bits per heavy atom. The normalized spacial score (nSPS) is 10.2. The van der Waals surface area contributed by atoms with Gasteiger partial charge in [-0.25, -0.2) is 0 Å². The quantitative estimate of drug-likeness (QED) is 0.604. The summed E-state index contributed by atoms with van der Waals surface area (Å²) in [5, 5.41) is 4.06. The first kappa shape index (κ1) is 15.9. The number of hydrogen-bond acceptors (Lipinski definition) is 2. The third kappa shape index (κ3) is 6.00. The van der Waals surface area contributed by atoms with Crippen molar-refractivity contribution in [2.75, 3.05) is 13.2 Å². The number of halogens is 1. The van der Waals surface area contributed by atoms with Gasteiger partial charge in [0.1, 0.15) is 5.75 Å². The Bertz CT molecular complexity index is 446. The molecule has 1 N–H and O–H groups in total. The lowest BCUT2D eigenvalue weighted by atomic mass is 10.1. The van der Waals surface area contributed by atoms with Crippen molar-refractivity contribution in [2.45, 2.75) is 33.7 Å². The van der Waals surface area contributed by atoms with Crippen LogP contribution >= 0.6 is 11.6 Å². The van der Waals surface area contributed by atoms with Gasteiger partial charge in [0, 0.05) is 18.5 Å². The van der Waals surface area contributed by atoms with Crippen molar-refractivity contribution < 1.29 is 4.74 Å². The van der Waals surface area contributed by atoms with E-state index in [9.17, 15) is 0 Å². The topological polar surface area (TPSA) is 21.3 Å². The lowest BCUT2D eigenvalue weighted by Gasteiger charge is -2.14. The van der Waals surface area contributed by atoms with E-state index in [1.165, 1.54) is 0 Å². The predicted molar refractivity (Wildman–Crippen MR) is 81.6 cm³/mol. The molecule has 0 atom stereocenters. The highest BCUT2D eigenvalue weighted by molar-refractivity contribution is 6.32. The van der Waals surface area contributed by atoms with Crippen LogP contribution in [-0.2, 0) is 6.54 Å². The summed E-state index contributed by atoms with van der Waals surface area (Å²) in [6.45, 7) is 8.52. The lowest BCUT2D eigenvalue weighted by molar-refractivity contribution is 0.322. The Balaban J connectivity index is 2.62. The summed E-state index contributed by atoms with van der Waals surface area (Å²) in [4.78, 5) is 0. The molecule has 0 saturated carbocycles. The number of hydrogen-bond donors (Lipinski definition) is 1. The van der Waals surface area contributed by atoms with Crippen LogP contribution in [0.5, 0.6) is 5.75 Å². The first-order valence-electron chi connectivity index (χ1n) is 6.65. The molecule has 0 aromatic heterocycles. The average Bonchev–Trinajstić information content (AvgIpc) is 2.36. The molecule has 0 aliphatic carbocycles. The average molecular weight is 280 g/mol. The minimum Gasteiger partial charge on any atom is -0.491 e. The van der Waals surface area contributed by atoms with Crippen molar-refractivity contribution in [1.82, 2.24) is 5.32 Å². The number of rotatable bonds is 7. The van der Waals surface area contributed by atoms with Crippen molar-refractivity contribution in [2.24, 2.45) is 5.92 Å². The van der Waals surface area contributed by atoms with Gasteiger partial charge in [0.2, 0.25) is 0 Å². The molecule has 1 aromatic carbocycles. The molecule has 1 aromatic rings. The van der Waals surface area contributed by atoms with Crippen molar-refractivity contribution in [3.63, 3.8) is 0 Å². The largest absolute Gasteiger partial charge is 0.491 e. The Kier molecular flexibility index (Phi) is 7.40. The summed E-state index contributed by atoms with van der Waals surface area (Å²) < 4.78 is 5.75. The fourth-order valence-electron chi connectivity index (χ4n) is 1.68. The zero-order chi connectivity index (χ0) is 14.1. The number of nitrogens with one attached hydrogen (secondary N) is 1. The van der Waals surface area contributed by atoms with E-state index in [1.807, 2.05) is 25.1 Å². The van der Waals surface area contributed by atoms with Gasteiger partial charge in [-0.2, -0.15) is 0 Å².